The van der Waals surface area contributed by atoms with E-state index in [1.54, 1.807) is 19.1 Å². The summed E-state index contributed by atoms with van der Waals surface area (Å²) in [5.74, 6) is -0.983. The van der Waals surface area contributed by atoms with Gasteiger partial charge in [0.15, 0.2) is 0 Å². The minimum absolute atomic E-state index is 0.391. The summed E-state index contributed by atoms with van der Waals surface area (Å²) >= 11 is 3.33. The normalized spacial score (nSPS) is 15.0. The number of hydrogen-bond acceptors (Lipinski definition) is 3. The molecule has 3 nitrogen and oxygen atoms in total. The molecule has 0 radical (unpaired) electrons. The molecule has 0 aliphatic carbocycles. The van der Waals surface area contributed by atoms with Gasteiger partial charge in [-0.1, -0.05) is 28.1 Å². The number of ether oxygens (including phenoxy) is 1. The molecule has 0 amide bonds. The van der Waals surface area contributed by atoms with Crippen LogP contribution in [0.25, 0.3) is 0 Å². The molecular weight excluding hydrogens is 296 g/mol. The molecule has 1 rings (SSSR count). The molecule has 100 valence electrons. The third kappa shape index (κ3) is 4.42. The van der Waals surface area contributed by atoms with Crippen molar-refractivity contribution in [2.24, 2.45) is 5.92 Å². The Hall–Kier alpha value is -0.870. The number of carbonyl (C=O) groups is 1. The lowest BCUT2D eigenvalue weighted by molar-refractivity contribution is -0.163. The van der Waals surface area contributed by atoms with Crippen molar-refractivity contribution in [3.05, 3.63) is 34.3 Å². The van der Waals surface area contributed by atoms with Crippen molar-refractivity contribution in [1.29, 1.82) is 0 Å². The largest absolute Gasteiger partial charge is 0.460 e. The second kappa shape index (κ2) is 5.85. The lowest BCUT2D eigenvalue weighted by Gasteiger charge is -2.24. The first-order chi connectivity index (χ1) is 8.20. The Balaban J connectivity index is 2.74. The summed E-state index contributed by atoms with van der Waals surface area (Å²) in [4.78, 5) is 11.8. The maximum atomic E-state index is 11.8. The van der Waals surface area contributed by atoms with Crippen LogP contribution in [0.1, 0.15) is 39.4 Å². The number of esters is 1. The molecule has 18 heavy (non-hydrogen) atoms. The van der Waals surface area contributed by atoms with Crippen molar-refractivity contribution < 1.29 is 14.6 Å². The molecular formula is C14H19BrO3. The van der Waals surface area contributed by atoms with Crippen LogP contribution >= 0.6 is 15.9 Å². The summed E-state index contributed by atoms with van der Waals surface area (Å²) in [5, 5.41) is 10.1. The van der Waals surface area contributed by atoms with Gasteiger partial charge in [-0.2, -0.15) is 0 Å². The molecule has 0 saturated carbocycles. The number of aliphatic hydroxyl groups excluding tert-OH is 1. The topological polar surface area (TPSA) is 46.5 Å². The van der Waals surface area contributed by atoms with Gasteiger partial charge >= 0.3 is 5.97 Å². The summed E-state index contributed by atoms with van der Waals surface area (Å²) in [6.07, 6.45) is -0.854. The highest BCUT2D eigenvalue weighted by atomic mass is 79.9. The zero-order chi connectivity index (χ0) is 13.9. The fourth-order valence-electron chi connectivity index (χ4n) is 1.47. The molecule has 1 N–H and O–H groups in total. The van der Waals surface area contributed by atoms with Crippen LogP contribution in [0, 0.1) is 5.92 Å². The Labute approximate surface area is 116 Å². The fraction of sp³-hybridized carbons (Fsp3) is 0.500. The number of carbonyl (C=O) groups excluding carboxylic acids is 1. The molecule has 0 aliphatic rings. The van der Waals surface area contributed by atoms with Crippen LogP contribution in [0.5, 0.6) is 0 Å². The van der Waals surface area contributed by atoms with E-state index in [1.165, 1.54) is 0 Å². The predicted octanol–water partition coefficient (Wildman–Crippen LogP) is 3.46. The van der Waals surface area contributed by atoms with Gasteiger partial charge in [0, 0.05) is 4.47 Å². The Kier molecular flexibility index (Phi) is 4.93. The summed E-state index contributed by atoms with van der Waals surface area (Å²) < 4.78 is 6.19. The first-order valence-corrected chi connectivity index (χ1v) is 6.66. The number of halogens is 1. The molecule has 0 aromatic heterocycles. The summed E-state index contributed by atoms with van der Waals surface area (Å²) in [7, 11) is 0. The van der Waals surface area contributed by atoms with Gasteiger partial charge in [0.05, 0.1) is 12.0 Å². The standard InChI is InChI=1S/C14H19BrO3/c1-9(13(17)18-14(2,3)4)12(16)10-5-7-11(15)8-6-10/h5-9,12,16H,1-4H3. The van der Waals surface area contributed by atoms with Crippen molar-refractivity contribution in [3.63, 3.8) is 0 Å². The minimum Gasteiger partial charge on any atom is -0.460 e. The van der Waals surface area contributed by atoms with Crippen LogP contribution in [0.4, 0.5) is 0 Å². The number of aliphatic hydroxyl groups is 1. The van der Waals surface area contributed by atoms with Gasteiger partial charge in [-0.3, -0.25) is 4.79 Å². The minimum atomic E-state index is -0.854. The third-order valence-corrected chi connectivity index (χ3v) is 2.99. The quantitative estimate of drug-likeness (QED) is 0.869. The predicted molar refractivity (Wildman–Crippen MR) is 74.1 cm³/mol. The van der Waals surface area contributed by atoms with Crippen molar-refractivity contribution in [1.82, 2.24) is 0 Å². The van der Waals surface area contributed by atoms with Gasteiger partial charge in [0.25, 0.3) is 0 Å². The van der Waals surface area contributed by atoms with Crippen LogP contribution < -0.4 is 0 Å². The highest BCUT2D eigenvalue weighted by Gasteiger charge is 2.28. The molecule has 0 bridgehead atoms. The van der Waals surface area contributed by atoms with Crippen molar-refractivity contribution in [2.45, 2.75) is 39.4 Å². The van der Waals surface area contributed by atoms with E-state index < -0.39 is 23.6 Å². The van der Waals surface area contributed by atoms with Gasteiger partial charge in [0.1, 0.15) is 5.60 Å². The van der Waals surface area contributed by atoms with E-state index in [4.69, 9.17) is 4.74 Å². The highest BCUT2D eigenvalue weighted by molar-refractivity contribution is 9.10. The molecule has 0 fully saturated rings. The SMILES string of the molecule is CC(C(=O)OC(C)(C)C)C(O)c1ccc(Br)cc1. The Morgan fingerprint density at radius 2 is 1.78 bits per heavy atom. The zero-order valence-corrected chi connectivity index (χ0v) is 12.7. The average molecular weight is 315 g/mol. The Bertz CT molecular complexity index is 406. The van der Waals surface area contributed by atoms with Crippen LogP contribution in [-0.2, 0) is 9.53 Å². The third-order valence-electron chi connectivity index (χ3n) is 2.46. The molecule has 0 spiro atoms. The van der Waals surface area contributed by atoms with E-state index >= 15 is 0 Å². The average Bonchev–Trinajstić information content (AvgIpc) is 2.26. The summed E-state index contributed by atoms with van der Waals surface area (Å²) in [6.45, 7) is 7.09. The molecule has 0 heterocycles. The number of rotatable bonds is 3. The van der Waals surface area contributed by atoms with E-state index in [2.05, 4.69) is 15.9 Å². The molecule has 0 saturated heterocycles. The van der Waals surface area contributed by atoms with Crippen molar-refractivity contribution in [2.75, 3.05) is 0 Å². The van der Waals surface area contributed by atoms with Gasteiger partial charge in [-0.05, 0) is 45.4 Å². The van der Waals surface area contributed by atoms with E-state index in [1.807, 2.05) is 32.9 Å². The molecule has 1 aromatic carbocycles. The second-order valence-electron chi connectivity index (χ2n) is 5.32. The second-order valence-corrected chi connectivity index (χ2v) is 6.23. The van der Waals surface area contributed by atoms with Gasteiger partial charge < -0.3 is 9.84 Å². The first kappa shape index (κ1) is 15.2. The lowest BCUT2D eigenvalue weighted by atomic mass is 9.97. The fourth-order valence-corrected chi connectivity index (χ4v) is 1.74. The monoisotopic (exact) mass is 314 g/mol. The molecule has 4 heteroatoms. The van der Waals surface area contributed by atoms with Crippen molar-refractivity contribution >= 4 is 21.9 Å². The van der Waals surface area contributed by atoms with Crippen LogP contribution in [0.2, 0.25) is 0 Å². The van der Waals surface area contributed by atoms with Crippen LogP contribution in [0.3, 0.4) is 0 Å². The van der Waals surface area contributed by atoms with E-state index in [0.29, 0.717) is 5.56 Å². The Morgan fingerprint density at radius 1 is 1.28 bits per heavy atom. The summed E-state index contributed by atoms with van der Waals surface area (Å²) in [5.41, 5.74) is 0.168. The van der Waals surface area contributed by atoms with Gasteiger partial charge in [0.2, 0.25) is 0 Å². The Morgan fingerprint density at radius 3 is 2.22 bits per heavy atom. The molecule has 1 aromatic rings. The molecule has 2 atom stereocenters. The van der Waals surface area contributed by atoms with E-state index in [-0.39, 0.29) is 0 Å². The van der Waals surface area contributed by atoms with Gasteiger partial charge in [-0.25, -0.2) is 0 Å². The van der Waals surface area contributed by atoms with Crippen LogP contribution in [-0.4, -0.2) is 16.7 Å². The van der Waals surface area contributed by atoms with E-state index in [0.717, 1.165) is 4.47 Å². The number of benzene rings is 1. The van der Waals surface area contributed by atoms with E-state index in [9.17, 15) is 9.90 Å². The van der Waals surface area contributed by atoms with Gasteiger partial charge in [-0.15, -0.1) is 0 Å². The summed E-state index contributed by atoms with van der Waals surface area (Å²) in [6, 6.07) is 7.24. The van der Waals surface area contributed by atoms with Crippen LogP contribution in [0.15, 0.2) is 28.7 Å². The molecule has 0 aliphatic heterocycles. The first-order valence-electron chi connectivity index (χ1n) is 5.87. The van der Waals surface area contributed by atoms with Crippen molar-refractivity contribution in [3.8, 4) is 0 Å². The zero-order valence-electron chi connectivity index (χ0n) is 11.1. The molecule has 2 unspecified atom stereocenters. The smallest absolute Gasteiger partial charge is 0.312 e. The highest BCUT2D eigenvalue weighted by Crippen LogP contribution is 2.25. The maximum absolute atomic E-state index is 11.8. The lowest BCUT2D eigenvalue weighted by Crippen LogP contribution is -2.30. The number of hydrogen-bond donors (Lipinski definition) is 1. The maximum Gasteiger partial charge on any atom is 0.312 e.